The number of carbonyl (C=O) groups excluding carboxylic acids is 1. The average molecular weight is 281 g/mol. The second-order valence-corrected chi connectivity index (χ2v) is 5.35. The van der Waals surface area contributed by atoms with Gasteiger partial charge in [-0.3, -0.25) is 4.79 Å². The Morgan fingerprint density at radius 2 is 1.89 bits per heavy atom. The summed E-state index contributed by atoms with van der Waals surface area (Å²) in [5, 5.41) is 6.36. The first kappa shape index (κ1) is 14.4. The van der Waals surface area contributed by atoms with E-state index in [2.05, 4.69) is 22.8 Å². The lowest BCUT2D eigenvalue weighted by atomic mass is 9.97. The van der Waals surface area contributed by atoms with Gasteiger partial charge in [0, 0.05) is 11.6 Å². The van der Waals surface area contributed by atoms with Gasteiger partial charge in [-0.1, -0.05) is 6.07 Å². The van der Waals surface area contributed by atoms with Crippen molar-refractivity contribution in [3.05, 3.63) is 29.3 Å². The Bertz CT molecular complexity index is 455. The number of rotatable bonds is 2. The Balaban J connectivity index is 0.00000133. The van der Waals surface area contributed by atoms with Crippen LogP contribution in [0.5, 0.6) is 0 Å². The number of benzene rings is 1. The zero-order valence-corrected chi connectivity index (χ0v) is 11.9. The highest BCUT2D eigenvalue weighted by Gasteiger charge is 2.21. The molecule has 4 heteroatoms. The number of hydrogen-bond donors (Lipinski definition) is 2. The lowest BCUT2D eigenvalue weighted by Gasteiger charge is -2.21. The summed E-state index contributed by atoms with van der Waals surface area (Å²) in [5.74, 6) is 0.369. The predicted molar refractivity (Wildman–Crippen MR) is 79.9 cm³/mol. The van der Waals surface area contributed by atoms with E-state index in [0.29, 0.717) is 0 Å². The zero-order valence-electron chi connectivity index (χ0n) is 11.1. The number of hydrogen-bond acceptors (Lipinski definition) is 2. The maximum atomic E-state index is 12.1. The van der Waals surface area contributed by atoms with Gasteiger partial charge in [0.05, 0.1) is 0 Å². The number of amides is 1. The quantitative estimate of drug-likeness (QED) is 0.874. The van der Waals surface area contributed by atoms with Crippen molar-refractivity contribution in [2.45, 2.75) is 32.1 Å². The van der Waals surface area contributed by atoms with Crippen molar-refractivity contribution in [2.75, 3.05) is 18.4 Å². The van der Waals surface area contributed by atoms with Gasteiger partial charge in [0.2, 0.25) is 5.91 Å². The molecule has 1 aliphatic heterocycles. The van der Waals surface area contributed by atoms with Crippen molar-refractivity contribution in [2.24, 2.45) is 5.92 Å². The molecular weight excluding hydrogens is 260 g/mol. The minimum Gasteiger partial charge on any atom is -0.326 e. The highest BCUT2D eigenvalue weighted by Crippen LogP contribution is 2.25. The first-order chi connectivity index (χ1) is 8.83. The molecule has 0 spiro atoms. The van der Waals surface area contributed by atoms with E-state index in [1.54, 1.807) is 0 Å². The molecule has 1 saturated heterocycles. The normalized spacial score (nSPS) is 18.5. The van der Waals surface area contributed by atoms with Crippen LogP contribution < -0.4 is 10.6 Å². The molecule has 0 saturated carbocycles. The van der Waals surface area contributed by atoms with Gasteiger partial charge in [-0.25, -0.2) is 0 Å². The standard InChI is InChI=1S/C15H20N2O.ClH/c18-15(12-6-8-16-9-7-12)17-14-5-4-11-2-1-3-13(11)10-14;/h4-5,10,12,16H,1-3,6-9H2,(H,17,18);1H. The Morgan fingerprint density at radius 3 is 2.68 bits per heavy atom. The molecule has 1 heterocycles. The van der Waals surface area contributed by atoms with Crippen LogP contribution in [-0.4, -0.2) is 19.0 Å². The van der Waals surface area contributed by atoms with E-state index in [9.17, 15) is 4.79 Å². The summed E-state index contributed by atoms with van der Waals surface area (Å²) in [6.45, 7) is 1.92. The van der Waals surface area contributed by atoms with Crippen LogP contribution in [0.25, 0.3) is 0 Å². The minimum absolute atomic E-state index is 0. The van der Waals surface area contributed by atoms with Gasteiger partial charge >= 0.3 is 0 Å². The number of fused-ring (bicyclic) bond motifs is 1. The molecule has 1 aromatic carbocycles. The number of carbonyl (C=O) groups is 1. The number of nitrogens with one attached hydrogen (secondary N) is 2. The van der Waals surface area contributed by atoms with E-state index in [1.807, 2.05) is 6.07 Å². The largest absolute Gasteiger partial charge is 0.326 e. The first-order valence-electron chi connectivity index (χ1n) is 6.96. The summed E-state index contributed by atoms with van der Waals surface area (Å²) in [7, 11) is 0. The van der Waals surface area contributed by atoms with E-state index < -0.39 is 0 Å². The van der Waals surface area contributed by atoms with E-state index in [4.69, 9.17) is 0 Å². The SMILES string of the molecule is Cl.O=C(Nc1ccc2c(c1)CCC2)C1CCNCC1. The van der Waals surface area contributed by atoms with Crippen LogP contribution in [0.2, 0.25) is 0 Å². The minimum atomic E-state index is 0. The second-order valence-electron chi connectivity index (χ2n) is 5.35. The van der Waals surface area contributed by atoms with Gasteiger partial charge < -0.3 is 10.6 Å². The smallest absolute Gasteiger partial charge is 0.227 e. The van der Waals surface area contributed by atoms with Gasteiger partial charge in [0.15, 0.2) is 0 Å². The molecule has 19 heavy (non-hydrogen) atoms. The van der Waals surface area contributed by atoms with Crippen LogP contribution in [0.15, 0.2) is 18.2 Å². The molecule has 1 fully saturated rings. The van der Waals surface area contributed by atoms with E-state index >= 15 is 0 Å². The van der Waals surface area contributed by atoms with Crippen LogP contribution in [0.1, 0.15) is 30.4 Å². The van der Waals surface area contributed by atoms with Crippen LogP contribution in [0.3, 0.4) is 0 Å². The monoisotopic (exact) mass is 280 g/mol. The van der Waals surface area contributed by atoms with Crippen LogP contribution in [0.4, 0.5) is 5.69 Å². The molecule has 0 unspecified atom stereocenters. The molecule has 1 amide bonds. The van der Waals surface area contributed by atoms with Crippen molar-refractivity contribution in [1.82, 2.24) is 5.32 Å². The number of anilines is 1. The molecule has 0 atom stereocenters. The fraction of sp³-hybridized carbons (Fsp3) is 0.533. The summed E-state index contributed by atoms with van der Waals surface area (Å²) in [5.41, 5.74) is 3.84. The third-order valence-electron chi connectivity index (χ3n) is 4.08. The molecule has 104 valence electrons. The van der Waals surface area contributed by atoms with Crippen molar-refractivity contribution >= 4 is 24.0 Å². The van der Waals surface area contributed by atoms with E-state index in [0.717, 1.165) is 38.0 Å². The highest BCUT2D eigenvalue weighted by molar-refractivity contribution is 5.92. The van der Waals surface area contributed by atoms with E-state index in [-0.39, 0.29) is 24.2 Å². The van der Waals surface area contributed by atoms with Gasteiger partial charge in [-0.2, -0.15) is 0 Å². The summed E-state index contributed by atoms with van der Waals surface area (Å²) in [4.78, 5) is 12.1. The lowest BCUT2D eigenvalue weighted by Crippen LogP contribution is -2.34. The second kappa shape index (κ2) is 6.40. The number of piperidine rings is 1. The molecule has 1 aliphatic carbocycles. The Kier molecular flexibility index (Phi) is 4.83. The molecule has 3 rings (SSSR count). The topological polar surface area (TPSA) is 41.1 Å². The summed E-state index contributed by atoms with van der Waals surface area (Å²) < 4.78 is 0. The summed E-state index contributed by atoms with van der Waals surface area (Å²) >= 11 is 0. The molecule has 3 nitrogen and oxygen atoms in total. The Hall–Kier alpha value is -1.06. The zero-order chi connectivity index (χ0) is 12.4. The molecule has 2 aliphatic rings. The highest BCUT2D eigenvalue weighted by atomic mass is 35.5. The van der Waals surface area contributed by atoms with Crippen molar-refractivity contribution < 1.29 is 4.79 Å². The third-order valence-corrected chi connectivity index (χ3v) is 4.08. The van der Waals surface area contributed by atoms with E-state index in [1.165, 1.54) is 24.0 Å². The lowest BCUT2D eigenvalue weighted by molar-refractivity contribution is -0.120. The maximum Gasteiger partial charge on any atom is 0.227 e. The predicted octanol–water partition coefficient (Wildman–Crippen LogP) is 2.54. The summed E-state index contributed by atoms with van der Waals surface area (Å²) in [6.07, 6.45) is 5.51. The van der Waals surface area contributed by atoms with Crippen LogP contribution >= 0.6 is 12.4 Å². The number of aryl methyl sites for hydroxylation is 2. The average Bonchev–Trinajstić information content (AvgIpc) is 2.87. The van der Waals surface area contributed by atoms with Crippen LogP contribution in [-0.2, 0) is 17.6 Å². The Morgan fingerprint density at radius 1 is 1.16 bits per heavy atom. The summed E-state index contributed by atoms with van der Waals surface area (Å²) in [6, 6.07) is 6.37. The molecular formula is C15H21ClN2O. The van der Waals surface area contributed by atoms with Gasteiger partial charge in [0.25, 0.3) is 0 Å². The molecule has 2 N–H and O–H groups in total. The first-order valence-corrected chi connectivity index (χ1v) is 6.96. The van der Waals surface area contributed by atoms with Gasteiger partial charge in [-0.15, -0.1) is 12.4 Å². The van der Waals surface area contributed by atoms with Crippen molar-refractivity contribution in [3.63, 3.8) is 0 Å². The molecule has 0 bridgehead atoms. The van der Waals surface area contributed by atoms with Gasteiger partial charge in [-0.05, 0) is 68.5 Å². The van der Waals surface area contributed by atoms with Gasteiger partial charge in [0.1, 0.15) is 0 Å². The number of halogens is 1. The third kappa shape index (κ3) is 3.28. The molecule has 0 aromatic heterocycles. The molecule has 1 aromatic rings. The molecule has 0 radical (unpaired) electrons. The fourth-order valence-electron chi connectivity index (χ4n) is 2.98. The van der Waals surface area contributed by atoms with Crippen LogP contribution in [0, 0.1) is 5.92 Å². The van der Waals surface area contributed by atoms with Crippen molar-refractivity contribution in [1.29, 1.82) is 0 Å². The maximum absolute atomic E-state index is 12.1. The fourth-order valence-corrected chi connectivity index (χ4v) is 2.98. The Labute approximate surface area is 120 Å². The van der Waals surface area contributed by atoms with Crippen molar-refractivity contribution in [3.8, 4) is 0 Å².